The summed E-state index contributed by atoms with van der Waals surface area (Å²) in [5.74, 6) is 0.00487. The molecule has 1 fully saturated rings. The molecular weight excluding hydrogens is 500 g/mol. The van der Waals surface area contributed by atoms with Crippen molar-refractivity contribution < 1.29 is 19.4 Å². The number of rotatable bonds is 9. The van der Waals surface area contributed by atoms with Gasteiger partial charge in [-0.25, -0.2) is 9.48 Å². The molecule has 2 aliphatic rings. The van der Waals surface area contributed by atoms with Crippen LogP contribution in [0.3, 0.4) is 0 Å². The number of carbonyl (C=O) groups is 2. The molecule has 2 aromatic carbocycles. The Balaban J connectivity index is 1.46. The van der Waals surface area contributed by atoms with E-state index in [4.69, 9.17) is 10.5 Å². The van der Waals surface area contributed by atoms with E-state index in [2.05, 4.69) is 15.5 Å². The summed E-state index contributed by atoms with van der Waals surface area (Å²) in [5.41, 5.74) is 8.65. The van der Waals surface area contributed by atoms with Gasteiger partial charge in [-0.2, -0.15) is 0 Å². The normalized spacial score (nSPS) is 19.3. The number of nitrogens with zero attached hydrogens (tertiary/aromatic N) is 5. The summed E-state index contributed by atoms with van der Waals surface area (Å²) in [4.78, 5) is 27.9. The third kappa shape index (κ3) is 4.76. The molecule has 36 heavy (non-hydrogen) atoms. The minimum atomic E-state index is -0.650. The number of thioether (sulfide) groups is 2. The summed E-state index contributed by atoms with van der Waals surface area (Å²) in [6.45, 7) is 0.159. The van der Waals surface area contributed by atoms with Crippen molar-refractivity contribution in [1.29, 1.82) is 0 Å². The number of tetrazole rings is 1. The number of hydrogen-bond acceptors (Lipinski definition) is 10. The van der Waals surface area contributed by atoms with Crippen LogP contribution in [0.5, 0.6) is 0 Å². The molecule has 2 aliphatic heterocycles. The van der Waals surface area contributed by atoms with Crippen LogP contribution in [0.1, 0.15) is 17.2 Å². The highest BCUT2D eigenvalue weighted by molar-refractivity contribution is 8.01. The van der Waals surface area contributed by atoms with Crippen molar-refractivity contribution in [3.05, 3.63) is 83.1 Å². The number of nitrogens with two attached hydrogens (primary N) is 1. The maximum atomic E-state index is 13.7. The van der Waals surface area contributed by atoms with Crippen LogP contribution in [-0.4, -0.2) is 71.6 Å². The van der Waals surface area contributed by atoms with E-state index in [1.807, 2.05) is 60.7 Å². The van der Waals surface area contributed by atoms with Gasteiger partial charge in [0, 0.05) is 11.5 Å². The molecule has 3 aromatic rings. The molecule has 0 saturated carbocycles. The zero-order valence-electron chi connectivity index (χ0n) is 19.1. The molecule has 0 aliphatic carbocycles. The molecule has 1 aromatic heterocycles. The Bertz CT molecular complexity index is 1230. The van der Waals surface area contributed by atoms with Crippen LogP contribution >= 0.6 is 23.5 Å². The van der Waals surface area contributed by atoms with Gasteiger partial charge in [-0.05, 0) is 27.1 Å². The van der Waals surface area contributed by atoms with Gasteiger partial charge in [0.25, 0.3) is 0 Å². The molecule has 5 rings (SSSR count). The van der Waals surface area contributed by atoms with Crippen LogP contribution in [0.15, 0.2) is 77.1 Å². The Hall–Kier alpha value is -3.19. The highest BCUT2D eigenvalue weighted by Gasteiger charge is 2.52. The fraction of sp³-hybridized carbons (Fsp3) is 0.292. The summed E-state index contributed by atoms with van der Waals surface area (Å²) >= 11 is 2.85. The second kappa shape index (κ2) is 10.8. The SMILES string of the molecule is NC1C(=O)N2C(C(=O)OC(c3ccccc3)c3ccccc3)=C(CSc3nnnn3CCO)CS[C@@H]12. The number of benzene rings is 2. The lowest BCUT2D eigenvalue weighted by molar-refractivity contribution is -0.153. The van der Waals surface area contributed by atoms with Crippen LogP contribution in [0, 0.1) is 0 Å². The lowest BCUT2D eigenvalue weighted by Gasteiger charge is -2.48. The van der Waals surface area contributed by atoms with Gasteiger partial charge in [0.15, 0.2) is 6.10 Å². The average Bonchev–Trinajstić information content (AvgIpc) is 3.37. The summed E-state index contributed by atoms with van der Waals surface area (Å²) in [7, 11) is 0. The highest BCUT2D eigenvalue weighted by atomic mass is 32.2. The van der Waals surface area contributed by atoms with Crippen molar-refractivity contribution in [3.8, 4) is 0 Å². The molecule has 186 valence electrons. The first-order chi connectivity index (χ1) is 17.6. The van der Waals surface area contributed by atoms with Crippen LogP contribution in [-0.2, 0) is 20.9 Å². The van der Waals surface area contributed by atoms with E-state index in [0.29, 0.717) is 16.7 Å². The molecule has 1 unspecified atom stereocenters. The summed E-state index contributed by atoms with van der Waals surface area (Å²) in [6, 6.07) is 18.3. The molecule has 0 radical (unpaired) electrons. The number of esters is 1. The highest BCUT2D eigenvalue weighted by Crippen LogP contribution is 2.42. The second-order valence-corrected chi connectivity index (χ2v) is 10.2. The van der Waals surface area contributed by atoms with Crippen molar-refractivity contribution >= 4 is 35.4 Å². The minimum Gasteiger partial charge on any atom is -0.448 e. The van der Waals surface area contributed by atoms with Crippen molar-refractivity contribution in [1.82, 2.24) is 25.1 Å². The Labute approximate surface area is 215 Å². The van der Waals surface area contributed by atoms with E-state index < -0.39 is 18.1 Å². The Morgan fingerprint density at radius 2 is 1.83 bits per heavy atom. The molecule has 1 amide bonds. The first-order valence-corrected chi connectivity index (χ1v) is 13.3. The van der Waals surface area contributed by atoms with Gasteiger partial charge >= 0.3 is 5.97 Å². The lowest BCUT2D eigenvalue weighted by atomic mass is 10.0. The Morgan fingerprint density at radius 3 is 2.47 bits per heavy atom. The van der Waals surface area contributed by atoms with Gasteiger partial charge in [-0.1, -0.05) is 72.4 Å². The summed E-state index contributed by atoms with van der Waals surface area (Å²) < 4.78 is 7.59. The maximum absolute atomic E-state index is 13.7. The lowest BCUT2D eigenvalue weighted by Crippen LogP contribution is -2.68. The molecule has 12 heteroatoms. The number of aliphatic hydroxyl groups is 1. The number of amides is 1. The van der Waals surface area contributed by atoms with Crippen LogP contribution < -0.4 is 5.73 Å². The smallest absolute Gasteiger partial charge is 0.356 e. The fourth-order valence-electron chi connectivity index (χ4n) is 4.11. The van der Waals surface area contributed by atoms with Crippen molar-refractivity contribution in [3.63, 3.8) is 0 Å². The topological polar surface area (TPSA) is 136 Å². The van der Waals surface area contributed by atoms with Crippen LogP contribution in [0.2, 0.25) is 0 Å². The number of β-lactam (4-membered cyclic amide) rings is 1. The number of aliphatic hydroxyl groups excluding tert-OH is 1. The fourth-order valence-corrected chi connectivity index (χ4v) is 6.45. The van der Waals surface area contributed by atoms with Crippen molar-refractivity contribution in [2.24, 2.45) is 5.73 Å². The first kappa shape index (κ1) is 24.5. The summed E-state index contributed by atoms with van der Waals surface area (Å²) in [6.07, 6.45) is -0.642. The van der Waals surface area contributed by atoms with Gasteiger partial charge < -0.3 is 15.6 Å². The number of carbonyl (C=O) groups excluding carboxylic acids is 2. The van der Waals surface area contributed by atoms with E-state index in [9.17, 15) is 14.7 Å². The van der Waals surface area contributed by atoms with Crippen molar-refractivity contribution in [2.75, 3.05) is 18.1 Å². The monoisotopic (exact) mass is 524 g/mol. The predicted octanol–water partition coefficient (Wildman–Crippen LogP) is 1.59. The number of hydrogen-bond donors (Lipinski definition) is 2. The van der Waals surface area contributed by atoms with Gasteiger partial charge in [0.2, 0.25) is 11.1 Å². The molecule has 2 atom stereocenters. The molecule has 0 spiro atoms. The predicted molar refractivity (Wildman–Crippen MR) is 135 cm³/mol. The van der Waals surface area contributed by atoms with Gasteiger partial charge in [0.05, 0.1) is 13.2 Å². The first-order valence-electron chi connectivity index (χ1n) is 11.3. The van der Waals surface area contributed by atoms with Crippen LogP contribution in [0.25, 0.3) is 0 Å². The van der Waals surface area contributed by atoms with Gasteiger partial charge in [0.1, 0.15) is 17.1 Å². The molecule has 1 saturated heterocycles. The minimum absolute atomic E-state index is 0.100. The molecule has 0 bridgehead atoms. The Kier molecular flexibility index (Phi) is 7.37. The van der Waals surface area contributed by atoms with Gasteiger partial charge in [-0.3, -0.25) is 9.69 Å². The summed E-state index contributed by atoms with van der Waals surface area (Å²) in [5, 5.41) is 21.0. The van der Waals surface area contributed by atoms with E-state index in [0.717, 1.165) is 16.7 Å². The number of aromatic nitrogens is 4. The zero-order chi connectivity index (χ0) is 25.1. The third-order valence-electron chi connectivity index (χ3n) is 5.90. The molecule has 10 nitrogen and oxygen atoms in total. The second-order valence-electron chi connectivity index (χ2n) is 8.19. The van der Waals surface area contributed by atoms with Crippen LogP contribution in [0.4, 0.5) is 0 Å². The van der Waals surface area contributed by atoms with E-state index in [1.54, 1.807) is 0 Å². The third-order valence-corrected chi connectivity index (χ3v) is 8.30. The Morgan fingerprint density at radius 1 is 1.17 bits per heavy atom. The van der Waals surface area contributed by atoms with E-state index in [1.165, 1.54) is 33.1 Å². The number of fused-ring (bicyclic) bond motifs is 1. The molecular formula is C24H24N6O4S2. The van der Waals surface area contributed by atoms with E-state index in [-0.39, 0.29) is 30.1 Å². The van der Waals surface area contributed by atoms with Crippen molar-refractivity contribution in [2.45, 2.75) is 29.2 Å². The van der Waals surface area contributed by atoms with Gasteiger partial charge in [-0.15, -0.1) is 16.9 Å². The largest absolute Gasteiger partial charge is 0.448 e. The molecule has 3 heterocycles. The average molecular weight is 525 g/mol. The quantitative estimate of drug-likeness (QED) is 0.241. The zero-order valence-corrected chi connectivity index (χ0v) is 20.8. The maximum Gasteiger partial charge on any atom is 0.356 e. The molecule has 3 N–H and O–H groups in total. The standard InChI is InChI=1S/C24H24N6O4S2/c25-18-21(32)30-19(17(13-35-22(18)30)14-36-24-26-27-28-29(24)11-12-31)23(33)34-20(15-7-3-1-4-8-15)16-9-5-2-6-10-16/h1-10,18,20,22,31H,11-14,25H2/t18?,22-/m0/s1. The number of ether oxygens (including phenoxy) is 1. The van der Waals surface area contributed by atoms with E-state index >= 15 is 0 Å².